The number of aromatic carboxylic acids is 3. The van der Waals surface area contributed by atoms with Gasteiger partial charge in [0.1, 0.15) is 11.6 Å². The van der Waals surface area contributed by atoms with Gasteiger partial charge in [0.15, 0.2) is 0 Å². The lowest BCUT2D eigenvalue weighted by Gasteiger charge is -2.27. The number of ether oxygens (including phenoxy) is 1. The molecular weight excluding hydrogens is 656 g/mol. The minimum atomic E-state index is -1.27. The van der Waals surface area contributed by atoms with E-state index in [4.69, 9.17) is 19.7 Å². The molecule has 0 atom stereocenters. The highest BCUT2D eigenvalue weighted by atomic mass is 16.5. The van der Waals surface area contributed by atoms with Gasteiger partial charge in [0.25, 0.3) is 0 Å². The first kappa shape index (κ1) is 34.1. The number of anilines is 1. The molecule has 3 N–H and O–H groups in total. The van der Waals surface area contributed by atoms with Gasteiger partial charge in [-0.05, 0) is 71.8 Å². The Morgan fingerprint density at radius 1 is 0.569 bits per heavy atom. The van der Waals surface area contributed by atoms with Crippen LogP contribution in [0.25, 0.3) is 0 Å². The van der Waals surface area contributed by atoms with E-state index in [1.54, 1.807) is 24.3 Å². The van der Waals surface area contributed by atoms with Crippen LogP contribution in [0, 0.1) is 0 Å². The van der Waals surface area contributed by atoms with Crippen molar-refractivity contribution in [2.24, 2.45) is 20.5 Å². The van der Waals surface area contributed by atoms with Gasteiger partial charge < -0.3 is 25.0 Å². The van der Waals surface area contributed by atoms with E-state index >= 15 is 0 Å². The number of carbonyl (C=O) groups is 3. The molecule has 0 bridgehead atoms. The fraction of sp³-hybridized carbons (Fsp3) is 0.167. The highest BCUT2D eigenvalue weighted by Gasteiger charge is 2.17. The lowest BCUT2D eigenvalue weighted by molar-refractivity contribution is 0.0682. The Balaban J connectivity index is 1.17. The van der Waals surface area contributed by atoms with Gasteiger partial charge in [-0.3, -0.25) is 0 Å². The molecule has 0 radical (unpaired) electrons. The molecule has 6 rings (SSSR count). The van der Waals surface area contributed by atoms with Gasteiger partial charge in [-0.1, -0.05) is 30.3 Å². The normalized spacial score (nSPS) is 13.1. The van der Waals surface area contributed by atoms with E-state index in [0.29, 0.717) is 73.8 Å². The number of benzene rings is 4. The number of rotatable bonds is 12. The molecule has 0 unspecified atom stereocenters. The summed E-state index contributed by atoms with van der Waals surface area (Å²) in [6.07, 6.45) is 0.853. The van der Waals surface area contributed by atoms with Crippen LogP contribution in [0.5, 0.6) is 0 Å². The third kappa shape index (κ3) is 9.24. The summed E-state index contributed by atoms with van der Waals surface area (Å²) in [4.78, 5) is 50.4. The summed E-state index contributed by atoms with van der Waals surface area (Å²) in [5.41, 5.74) is 3.22. The first-order valence-corrected chi connectivity index (χ1v) is 15.7. The molecule has 2 heterocycles. The Labute approximate surface area is 290 Å². The zero-order chi connectivity index (χ0) is 35.7. The summed E-state index contributed by atoms with van der Waals surface area (Å²) in [5.74, 6) is -1.82. The van der Waals surface area contributed by atoms with Crippen molar-refractivity contribution in [1.29, 1.82) is 0 Å². The van der Waals surface area contributed by atoms with Gasteiger partial charge in [-0.15, -0.1) is 0 Å². The molecule has 15 heteroatoms. The van der Waals surface area contributed by atoms with Crippen molar-refractivity contribution in [2.75, 3.05) is 31.2 Å². The van der Waals surface area contributed by atoms with Crippen LogP contribution >= 0.6 is 0 Å². The number of hydrogen-bond acceptors (Lipinski definition) is 12. The van der Waals surface area contributed by atoms with Crippen molar-refractivity contribution >= 4 is 46.6 Å². The van der Waals surface area contributed by atoms with Crippen molar-refractivity contribution in [1.82, 2.24) is 15.0 Å². The average Bonchev–Trinajstić information content (AvgIpc) is 3.14. The van der Waals surface area contributed by atoms with Gasteiger partial charge >= 0.3 is 17.9 Å². The maximum absolute atomic E-state index is 11.4. The van der Waals surface area contributed by atoms with Gasteiger partial charge in [0, 0.05) is 25.9 Å². The molecule has 1 fully saturated rings. The van der Waals surface area contributed by atoms with Crippen LogP contribution < -0.4 is 4.90 Å². The van der Waals surface area contributed by atoms with E-state index in [-0.39, 0.29) is 22.4 Å². The monoisotopic (exact) mass is 686 g/mol. The smallest absolute Gasteiger partial charge is 0.335 e. The van der Waals surface area contributed by atoms with Crippen LogP contribution in [0.3, 0.4) is 0 Å². The molecule has 15 nitrogen and oxygen atoms in total. The van der Waals surface area contributed by atoms with Crippen molar-refractivity contribution in [3.8, 4) is 0 Å². The lowest BCUT2D eigenvalue weighted by atomic mass is 10.1. The molecule has 5 aromatic rings. The largest absolute Gasteiger partial charge is 0.478 e. The molecule has 0 spiro atoms. The molecule has 1 aromatic heterocycles. The van der Waals surface area contributed by atoms with E-state index in [9.17, 15) is 29.7 Å². The Kier molecular flexibility index (Phi) is 10.5. The van der Waals surface area contributed by atoms with Crippen LogP contribution in [0.15, 0.2) is 111 Å². The molecule has 1 aliphatic rings. The minimum Gasteiger partial charge on any atom is -0.478 e. The number of carboxylic acids is 3. The summed E-state index contributed by atoms with van der Waals surface area (Å²) in [7, 11) is 0. The van der Waals surface area contributed by atoms with Gasteiger partial charge in [-0.25, -0.2) is 19.4 Å². The fourth-order valence-electron chi connectivity index (χ4n) is 5.09. The quantitative estimate of drug-likeness (QED) is 0.116. The van der Waals surface area contributed by atoms with Gasteiger partial charge in [0.2, 0.25) is 5.95 Å². The number of nitrogens with zero attached hydrogens (tertiary/aromatic N) is 8. The Bertz CT molecular complexity index is 2100. The number of azo groups is 2. The summed E-state index contributed by atoms with van der Waals surface area (Å²) < 4.78 is 5.52. The van der Waals surface area contributed by atoms with Crippen molar-refractivity contribution < 1.29 is 34.4 Å². The second kappa shape index (κ2) is 15.7. The topological polar surface area (TPSA) is 212 Å². The molecule has 0 aliphatic carbocycles. The van der Waals surface area contributed by atoms with E-state index in [1.807, 2.05) is 36.4 Å². The maximum atomic E-state index is 11.4. The summed E-state index contributed by atoms with van der Waals surface area (Å²) in [6, 6.07) is 24.5. The van der Waals surface area contributed by atoms with Crippen molar-refractivity contribution in [2.45, 2.75) is 12.8 Å². The van der Waals surface area contributed by atoms with Crippen LogP contribution in [-0.4, -0.2) is 74.5 Å². The molecule has 1 saturated heterocycles. The average molecular weight is 687 g/mol. The second-order valence-electron chi connectivity index (χ2n) is 11.4. The van der Waals surface area contributed by atoms with Crippen LogP contribution in [0.2, 0.25) is 0 Å². The zero-order valence-corrected chi connectivity index (χ0v) is 27.0. The SMILES string of the molecule is O=C(O)c1cccc(N=Nc2ccc(Cc3nc(Cc4ccc(N=Nc5cc(C(=O)O)cc(C(=O)O)c5)cc4)nc(N4CCOCC4)n3)cc2)c1. The standard InChI is InChI=1S/C36H30N8O7/c45-33(46)24-2-1-3-29(19-24)42-40-27-8-4-22(5-9-27)16-31-37-32(39-36(38-31)44-12-14-51-15-13-44)17-23-6-10-28(11-7-23)41-43-30-20-25(34(47)48)18-26(21-30)35(49)50/h1-11,18-21H,12-17H2,(H,45,46)(H,47,48)(H,49,50). The number of carboxylic acid groups (broad SMARTS) is 3. The highest BCUT2D eigenvalue weighted by Crippen LogP contribution is 2.24. The highest BCUT2D eigenvalue weighted by molar-refractivity contribution is 5.95. The third-order valence-electron chi connectivity index (χ3n) is 7.67. The number of hydrogen-bond donors (Lipinski definition) is 3. The molecule has 0 amide bonds. The zero-order valence-electron chi connectivity index (χ0n) is 27.0. The van der Waals surface area contributed by atoms with E-state index < -0.39 is 17.9 Å². The molecule has 4 aromatic carbocycles. The predicted molar refractivity (Wildman–Crippen MR) is 183 cm³/mol. The van der Waals surface area contributed by atoms with Crippen LogP contribution in [0.4, 0.5) is 28.7 Å². The molecule has 256 valence electrons. The third-order valence-corrected chi connectivity index (χ3v) is 7.67. The maximum Gasteiger partial charge on any atom is 0.335 e. The fourth-order valence-corrected chi connectivity index (χ4v) is 5.09. The first-order chi connectivity index (χ1) is 24.7. The van der Waals surface area contributed by atoms with Crippen molar-refractivity contribution in [3.63, 3.8) is 0 Å². The summed E-state index contributed by atoms with van der Waals surface area (Å²) >= 11 is 0. The first-order valence-electron chi connectivity index (χ1n) is 15.7. The Morgan fingerprint density at radius 2 is 1.04 bits per heavy atom. The summed E-state index contributed by atoms with van der Waals surface area (Å²) in [6.45, 7) is 2.45. The van der Waals surface area contributed by atoms with E-state index in [2.05, 4.69) is 25.4 Å². The molecular formula is C36H30N8O7. The second-order valence-corrected chi connectivity index (χ2v) is 11.4. The van der Waals surface area contributed by atoms with Crippen LogP contribution in [-0.2, 0) is 17.6 Å². The van der Waals surface area contributed by atoms with Crippen LogP contribution in [0.1, 0.15) is 53.8 Å². The predicted octanol–water partition coefficient (Wildman–Crippen LogP) is 6.82. The van der Waals surface area contributed by atoms with Gasteiger partial charge in [0.05, 0.1) is 52.7 Å². The lowest BCUT2D eigenvalue weighted by Crippen LogP contribution is -2.37. The number of morpholine rings is 1. The number of aromatic nitrogens is 3. The minimum absolute atomic E-state index is 0.104. The van der Waals surface area contributed by atoms with Gasteiger partial charge in [-0.2, -0.15) is 30.4 Å². The van der Waals surface area contributed by atoms with Crippen molar-refractivity contribution in [3.05, 3.63) is 130 Å². The Morgan fingerprint density at radius 3 is 1.55 bits per heavy atom. The van der Waals surface area contributed by atoms with E-state index in [1.165, 1.54) is 24.3 Å². The molecule has 51 heavy (non-hydrogen) atoms. The Hall–Kier alpha value is -6.74. The molecule has 0 saturated carbocycles. The van der Waals surface area contributed by atoms with E-state index in [0.717, 1.165) is 17.2 Å². The summed E-state index contributed by atoms with van der Waals surface area (Å²) in [5, 5.41) is 44.4. The molecule has 1 aliphatic heterocycles.